The first-order chi connectivity index (χ1) is 12.6. The molecule has 0 atom stereocenters. The van der Waals surface area contributed by atoms with Crippen molar-refractivity contribution in [3.63, 3.8) is 0 Å². The molecule has 1 heterocycles. The number of imidazole rings is 1. The van der Waals surface area contributed by atoms with Crippen LogP contribution in [0.5, 0.6) is 0 Å². The molecule has 2 aromatic carbocycles. The largest absolute Gasteiger partial charge is 0.331 e. The zero-order chi connectivity index (χ0) is 18.5. The van der Waals surface area contributed by atoms with Crippen LogP contribution in [0.15, 0.2) is 60.9 Å². The molecule has 0 aliphatic heterocycles. The lowest BCUT2D eigenvalue weighted by molar-refractivity contribution is 0.0742. The Morgan fingerprint density at radius 3 is 2.62 bits per heavy atom. The van der Waals surface area contributed by atoms with Crippen LogP contribution in [0.3, 0.4) is 0 Å². The lowest BCUT2D eigenvalue weighted by Crippen LogP contribution is -2.32. The maximum Gasteiger partial charge on any atom is 0.257 e. The van der Waals surface area contributed by atoms with Gasteiger partial charge in [-0.2, -0.15) is 0 Å². The first-order valence-corrected chi connectivity index (χ1v) is 8.68. The molecule has 134 valence electrons. The molecule has 1 aromatic heterocycles. The highest BCUT2D eigenvalue weighted by molar-refractivity contribution is 5.94. The predicted octanol–water partition coefficient (Wildman–Crippen LogP) is 4.04. The first-order valence-electron chi connectivity index (χ1n) is 8.68. The number of rotatable bonds is 6. The van der Waals surface area contributed by atoms with E-state index in [0.717, 1.165) is 5.82 Å². The molecular formula is C21H22FN3O. The standard InChI is InChI=1S/C21H22FN3O/c1-3-24(21(26)18-10-6-7-11-19(18)22)15-20-23-12-13-25(20)14-17-9-5-4-8-16(17)2/h4-13H,3,14-15H2,1-2H3. The van der Waals surface area contributed by atoms with Gasteiger partial charge in [-0.05, 0) is 37.1 Å². The number of amides is 1. The van der Waals surface area contributed by atoms with Gasteiger partial charge in [-0.15, -0.1) is 0 Å². The molecule has 5 heteroatoms. The van der Waals surface area contributed by atoms with Gasteiger partial charge >= 0.3 is 0 Å². The van der Waals surface area contributed by atoms with Crippen molar-refractivity contribution in [2.75, 3.05) is 6.54 Å². The quantitative estimate of drug-likeness (QED) is 0.672. The van der Waals surface area contributed by atoms with E-state index < -0.39 is 5.82 Å². The van der Waals surface area contributed by atoms with E-state index >= 15 is 0 Å². The third-order valence-electron chi connectivity index (χ3n) is 4.51. The molecule has 3 rings (SSSR count). The Kier molecular flexibility index (Phi) is 5.46. The van der Waals surface area contributed by atoms with Crippen molar-refractivity contribution in [2.45, 2.75) is 26.9 Å². The average molecular weight is 351 g/mol. The van der Waals surface area contributed by atoms with Gasteiger partial charge in [0.2, 0.25) is 0 Å². The van der Waals surface area contributed by atoms with Crippen molar-refractivity contribution in [1.82, 2.24) is 14.5 Å². The Morgan fingerprint density at radius 1 is 1.15 bits per heavy atom. The summed E-state index contributed by atoms with van der Waals surface area (Å²) in [7, 11) is 0. The third-order valence-corrected chi connectivity index (χ3v) is 4.51. The molecule has 0 aliphatic carbocycles. The molecule has 4 nitrogen and oxygen atoms in total. The normalized spacial score (nSPS) is 10.7. The lowest BCUT2D eigenvalue weighted by atomic mass is 10.1. The number of carbonyl (C=O) groups excluding carboxylic acids is 1. The Morgan fingerprint density at radius 2 is 1.88 bits per heavy atom. The summed E-state index contributed by atoms with van der Waals surface area (Å²) < 4.78 is 16.0. The molecule has 3 aromatic rings. The van der Waals surface area contributed by atoms with Gasteiger partial charge in [0.15, 0.2) is 0 Å². The maximum absolute atomic E-state index is 14.0. The van der Waals surface area contributed by atoms with Crippen LogP contribution >= 0.6 is 0 Å². The number of nitrogens with zero attached hydrogens (tertiary/aromatic N) is 3. The maximum atomic E-state index is 14.0. The van der Waals surface area contributed by atoms with E-state index in [2.05, 4.69) is 24.0 Å². The molecule has 0 unspecified atom stereocenters. The smallest absolute Gasteiger partial charge is 0.257 e. The molecule has 0 fully saturated rings. The second kappa shape index (κ2) is 7.95. The van der Waals surface area contributed by atoms with Crippen molar-refractivity contribution in [2.24, 2.45) is 0 Å². The summed E-state index contributed by atoms with van der Waals surface area (Å²) in [5, 5.41) is 0. The molecule has 0 radical (unpaired) electrons. The second-order valence-electron chi connectivity index (χ2n) is 6.20. The number of hydrogen-bond donors (Lipinski definition) is 0. The highest BCUT2D eigenvalue weighted by atomic mass is 19.1. The van der Waals surface area contributed by atoms with Crippen molar-refractivity contribution in [1.29, 1.82) is 0 Å². The fourth-order valence-corrected chi connectivity index (χ4v) is 2.91. The average Bonchev–Trinajstić information content (AvgIpc) is 3.08. The van der Waals surface area contributed by atoms with Crippen LogP contribution in [-0.2, 0) is 13.1 Å². The number of aromatic nitrogens is 2. The fourth-order valence-electron chi connectivity index (χ4n) is 2.91. The summed E-state index contributed by atoms with van der Waals surface area (Å²) in [6, 6.07) is 14.3. The van der Waals surface area contributed by atoms with Crippen LogP contribution in [-0.4, -0.2) is 26.9 Å². The van der Waals surface area contributed by atoms with Gasteiger partial charge < -0.3 is 9.47 Å². The van der Waals surface area contributed by atoms with E-state index in [1.54, 1.807) is 23.2 Å². The van der Waals surface area contributed by atoms with Gasteiger partial charge in [0.05, 0.1) is 12.1 Å². The molecule has 0 bridgehead atoms. The summed E-state index contributed by atoms with van der Waals surface area (Å²) in [4.78, 5) is 18.7. The van der Waals surface area contributed by atoms with Gasteiger partial charge in [0.1, 0.15) is 11.6 Å². The van der Waals surface area contributed by atoms with Crippen LogP contribution < -0.4 is 0 Å². The second-order valence-corrected chi connectivity index (χ2v) is 6.20. The number of benzene rings is 2. The Labute approximate surface area is 152 Å². The van der Waals surface area contributed by atoms with Crippen LogP contribution in [0.4, 0.5) is 4.39 Å². The Hall–Kier alpha value is -2.95. The number of hydrogen-bond acceptors (Lipinski definition) is 2. The lowest BCUT2D eigenvalue weighted by Gasteiger charge is -2.21. The van der Waals surface area contributed by atoms with E-state index in [-0.39, 0.29) is 11.5 Å². The van der Waals surface area contributed by atoms with Crippen LogP contribution in [0.1, 0.15) is 34.2 Å². The summed E-state index contributed by atoms with van der Waals surface area (Å²) in [6.07, 6.45) is 3.64. The molecule has 0 aliphatic rings. The van der Waals surface area contributed by atoms with Crippen LogP contribution in [0.2, 0.25) is 0 Å². The highest BCUT2D eigenvalue weighted by Gasteiger charge is 2.19. The van der Waals surface area contributed by atoms with Crippen LogP contribution in [0.25, 0.3) is 0 Å². The van der Waals surface area contributed by atoms with Gasteiger partial charge in [-0.3, -0.25) is 4.79 Å². The molecule has 1 amide bonds. The van der Waals surface area contributed by atoms with E-state index in [0.29, 0.717) is 19.6 Å². The molecule has 26 heavy (non-hydrogen) atoms. The Balaban J connectivity index is 1.80. The van der Waals surface area contributed by atoms with Crippen molar-refractivity contribution in [3.8, 4) is 0 Å². The number of carbonyl (C=O) groups is 1. The summed E-state index contributed by atoms with van der Waals surface area (Å²) >= 11 is 0. The third kappa shape index (κ3) is 3.82. The summed E-state index contributed by atoms with van der Waals surface area (Å²) in [5.41, 5.74) is 2.50. The minimum Gasteiger partial charge on any atom is -0.331 e. The van der Waals surface area contributed by atoms with E-state index in [1.165, 1.54) is 23.3 Å². The van der Waals surface area contributed by atoms with Crippen LogP contribution in [0, 0.1) is 12.7 Å². The fraction of sp³-hybridized carbons (Fsp3) is 0.238. The first kappa shape index (κ1) is 17.9. The summed E-state index contributed by atoms with van der Waals surface area (Å²) in [6.45, 7) is 5.46. The van der Waals surface area contributed by atoms with Gasteiger partial charge in [-0.25, -0.2) is 9.37 Å². The number of aryl methyl sites for hydroxylation is 1. The molecule has 0 spiro atoms. The van der Waals surface area contributed by atoms with Gasteiger partial charge in [-0.1, -0.05) is 36.4 Å². The topological polar surface area (TPSA) is 38.1 Å². The molecule has 0 saturated heterocycles. The zero-order valence-electron chi connectivity index (χ0n) is 15.0. The predicted molar refractivity (Wildman–Crippen MR) is 99.3 cm³/mol. The van der Waals surface area contributed by atoms with Gasteiger partial charge in [0.25, 0.3) is 5.91 Å². The molecule has 0 saturated carbocycles. The molecule has 0 N–H and O–H groups in total. The van der Waals surface area contributed by atoms with E-state index in [1.807, 2.05) is 29.8 Å². The van der Waals surface area contributed by atoms with Crippen molar-refractivity contribution in [3.05, 3.63) is 89.3 Å². The minimum atomic E-state index is -0.501. The van der Waals surface area contributed by atoms with Crippen molar-refractivity contribution < 1.29 is 9.18 Å². The zero-order valence-corrected chi connectivity index (χ0v) is 15.0. The highest BCUT2D eigenvalue weighted by Crippen LogP contribution is 2.15. The minimum absolute atomic E-state index is 0.0892. The summed E-state index contributed by atoms with van der Waals surface area (Å²) in [5.74, 6) is -0.0463. The molecular weight excluding hydrogens is 329 g/mol. The monoisotopic (exact) mass is 351 g/mol. The Bertz CT molecular complexity index is 904. The number of halogens is 1. The SMILES string of the molecule is CCN(Cc1nccn1Cc1ccccc1C)C(=O)c1ccccc1F. The van der Waals surface area contributed by atoms with Crippen molar-refractivity contribution >= 4 is 5.91 Å². The van der Waals surface area contributed by atoms with E-state index in [4.69, 9.17) is 0 Å². The van der Waals surface area contributed by atoms with Gasteiger partial charge in [0, 0.05) is 25.5 Å². The van der Waals surface area contributed by atoms with E-state index in [9.17, 15) is 9.18 Å².